The summed E-state index contributed by atoms with van der Waals surface area (Å²) < 4.78 is 26.7. The topological polar surface area (TPSA) is 66.4 Å². The molecule has 0 aromatic heterocycles. The fourth-order valence-corrected chi connectivity index (χ4v) is 3.55. The van der Waals surface area contributed by atoms with E-state index in [0.29, 0.717) is 5.75 Å². The molecule has 0 heterocycles. The lowest BCUT2D eigenvalue weighted by Crippen LogP contribution is -2.42. The SMILES string of the molecule is CSCC(C)(O)CNS(=O)(=O)c1ccc(C)c(C)c1. The van der Waals surface area contributed by atoms with Gasteiger partial charge in [-0.05, 0) is 50.3 Å². The maximum absolute atomic E-state index is 12.1. The largest absolute Gasteiger partial charge is 0.388 e. The van der Waals surface area contributed by atoms with Crippen molar-refractivity contribution in [3.05, 3.63) is 29.3 Å². The Morgan fingerprint density at radius 3 is 2.47 bits per heavy atom. The second kappa shape index (κ2) is 6.26. The van der Waals surface area contributed by atoms with Crippen molar-refractivity contribution < 1.29 is 13.5 Å². The Morgan fingerprint density at radius 1 is 1.32 bits per heavy atom. The number of aliphatic hydroxyl groups is 1. The maximum Gasteiger partial charge on any atom is 0.240 e. The summed E-state index contributed by atoms with van der Waals surface area (Å²) in [6, 6.07) is 5.00. The molecule has 0 saturated heterocycles. The van der Waals surface area contributed by atoms with Gasteiger partial charge in [-0.1, -0.05) is 6.07 Å². The molecule has 0 aliphatic heterocycles. The van der Waals surface area contributed by atoms with E-state index in [1.54, 1.807) is 25.1 Å². The third-order valence-corrected chi connectivity index (χ3v) is 5.20. The van der Waals surface area contributed by atoms with Gasteiger partial charge in [0.1, 0.15) is 0 Å². The van der Waals surface area contributed by atoms with Crippen LogP contribution in [0.25, 0.3) is 0 Å². The molecular weight excluding hydrogens is 282 g/mol. The molecule has 0 saturated carbocycles. The van der Waals surface area contributed by atoms with Crippen molar-refractivity contribution in [2.24, 2.45) is 0 Å². The zero-order valence-corrected chi connectivity index (χ0v) is 13.4. The lowest BCUT2D eigenvalue weighted by molar-refractivity contribution is 0.0908. The Kier molecular flexibility index (Phi) is 5.43. The summed E-state index contributed by atoms with van der Waals surface area (Å²) in [7, 11) is -3.57. The minimum Gasteiger partial charge on any atom is -0.388 e. The first-order valence-corrected chi connectivity index (χ1v) is 8.84. The molecule has 19 heavy (non-hydrogen) atoms. The van der Waals surface area contributed by atoms with Gasteiger partial charge >= 0.3 is 0 Å². The molecule has 0 aliphatic rings. The highest BCUT2D eigenvalue weighted by Gasteiger charge is 2.23. The molecule has 0 aliphatic carbocycles. The highest BCUT2D eigenvalue weighted by molar-refractivity contribution is 7.98. The minimum atomic E-state index is -3.57. The van der Waals surface area contributed by atoms with Crippen molar-refractivity contribution in [2.75, 3.05) is 18.6 Å². The van der Waals surface area contributed by atoms with Gasteiger partial charge in [0.15, 0.2) is 0 Å². The Morgan fingerprint density at radius 2 is 1.95 bits per heavy atom. The number of hydrogen-bond donors (Lipinski definition) is 2. The van der Waals surface area contributed by atoms with E-state index in [4.69, 9.17) is 0 Å². The number of aryl methyl sites for hydroxylation is 2. The number of rotatable bonds is 6. The van der Waals surface area contributed by atoms with E-state index in [9.17, 15) is 13.5 Å². The van der Waals surface area contributed by atoms with Gasteiger partial charge in [-0.15, -0.1) is 0 Å². The van der Waals surface area contributed by atoms with Crippen molar-refractivity contribution in [3.63, 3.8) is 0 Å². The van der Waals surface area contributed by atoms with Crippen LogP contribution in [0.5, 0.6) is 0 Å². The standard InChI is InChI=1S/C13H21NO3S2/c1-10-5-6-12(7-11(10)2)19(16,17)14-8-13(3,15)9-18-4/h5-7,14-15H,8-9H2,1-4H3. The number of hydrogen-bond acceptors (Lipinski definition) is 4. The van der Waals surface area contributed by atoms with Crippen LogP contribution in [-0.2, 0) is 10.0 Å². The fourth-order valence-electron chi connectivity index (χ4n) is 1.58. The molecule has 1 unspecified atom stereocenters. The summed E-state index contributed by atoms with van der Waals surface area (Å²) in [6.07, 6.45) is 1.87. The van der Waals surface area contributed by atoms with Gasteiger partial charge in [0, 0.05) is 12.3 Å². The molecule has 0 radical (unpaired) electrons. The maximum atomic E-state index is 12.1. The zero-order chi connectivity index (χ0) is 14.7. The Balaban J connectivity index is 2.84. The molecule has 2 N–H and O–H groups in total. The predicted molar refractivity (Wildman–Crippen MR) is 80.1 cm³/mol. The van der Waals surface area contributed by atoms with Crippen LogP contribution >= 0.6 is 11.8 Å². The number of benzene rings is 1. The van der Waals surface area contributed by atoms with Crippen LogP contribution in [0, 0.1) is 13.8 Å². The normalized spacial score (nSPS) is 15.2. The van der Waals surface area contributed by atoms with Gasteiger partial charge in [0.05, 0.1) is 10.5 Å². The molecule has 0 bridgehead atoms. The molecule has 4 nitrogen and oxygen atoms in total. The summed E-state index contributed by atoms with van der Waals surface area (Å²) >= 11 is 1.47. The van der Waals surface area contributed by atoms with Crippen LogP contribution in [0.1, 0.15) is 18.1 Å². The van der Waals surface area contributed by atoms with Crippen LogP contribution in [-0.4, -0.2) is 37.7 Å². The average Bonchev–Trinajstić information content (AvgIpc) is 2.30. The molecule has 108 valence electrons. The van der Waals surface area contributed by atoms with Gasteiger partial charge in [-0.25, -0.2) is 13.1 Å². The van der Waals surface area contributed by atoms with Crippen LogP contribution in [0.3, 0.4) is 0 Å². The molecule has 0 fully saturated rings. The van der Waals surface area contributed by atoms with E-state index in [1.165, 1.54) is 11.8 Å². The van der Waals surface area contributed by atoms with Crippen molar-refractivity contribution in [3.8, 4) is 0 Å². The number of thioether (sulfide) groups is 1. The molecule has 1 rings (SSSR count). The quantitative estimate of drug-likeness (QED) is 0.839. The van der Waals surface area contributed by atoms with E-state index < -0.39 is 15.6 Å². The van der Waals surface area contributed by atoms with E-state index in [-0.39, 0.29) is 11.4 Å². The van der Waals surface area contributed by atoms with Crippen molar-refractivity contribution in [1.82, 2.24) is 4.72 Å². The average molecular weight is 303 g/mol. The number of nitrogens with one attached hydrogen (secondary N) is 1. The third-order valence-electron chi connectivity index (χ3n) is 2.89. The second-order valence-electron chi connectivity index (χ2n) is 5.00. The first-order valence-electron chi connectivity index (χ1n) is 5.96. The molecular formula is C13H21NO3S2. The van der Waals surface area contributed by atoms with Crippen LogP contribution < -0.4 is 4.72 Å². The zero-order valence-electron chi connectivity index (χ0n) is 11.7. The fraction of sp³-hybridized carbons (Fsp3) is 0.538. The lowest BCUT2D eigenvalue weighted by atomic mass is 10.1. The first-order chi connectivity index (χ1) is 8.68. The van der Waals surface area contributed by atoms with Gasteiger partial charge in [0.25, 0.3) is 0 Å². The van der Waals surface area contributed by atoms with Crippen molar-refractivity contribution in [2.45, 2.75) is 31.3 Å². The molecule has 1 atom stereocenters. The third kappa shape index (κ3) is 4.80. The lowest BCUT2D eigenvalue weighted by Gasteiger charge is -2.22. The molecule has 1 aromatic rings. The highest BCUT2D eigenvalue weighted by Crippen LogP contribution is 2.16. The van der Waals surface area contributed by atoms with E-state index >= 15 is 0 Å². The van der Waals surface area contributed by atoms with Crippen LogP contribution in [0.2, 0.25) is 0 Å². The van der Waals surface area contributed by atoms with Crippen LogP contribution in [0.4, 0.5) is 0 Å². The Bertz CT molecular complexity index is 539. The molecule has 0 spiro atoms. The Labute approximate surface area is 119 Å². The highest BCUT2D eigenvalue weighted by atomic mass is 32.2. The summed E-state index contributed by atoms with van der Waals surface area (Å²) in [4.78, 5) is 0.232. The molecule has 6 heteroatoms. The first kappa shape index (κ1) is 16.5. The van der Waals surface area contributed by atoms with Gasteiger partial charge in [-0.2, -0.15) is 11.8 Å². The number of sulfonamides is 1. The van der Waals surface area contributed by atoms with Crippen molar-refractivity contribution >= 4 is 21.8 Å². The summed E-state index contributed by atoms with van der Waals surface area (Å²) in [5.74, 6) is 0.475. The van der Waals surface area contributed by atoms with Gasteiger partial charge in [0.2, 0.25) is 10.0 Å². The summed E-state index contributed by atoms with van der Waals surface area (Å²) in [6.45, 7) is 5.43. The minimum absolute atomic E-state index is 0.00307. The molecule has 0 amide bonds. The summed E-state index contributed by atoms with van der Waals surface area (Å²) in [5, 5.41) is 9.98. The van der Waals surface area contributed by atoms with E-state index in [0.717, 1.165) is 11.1 Å². The monoisotopic (exact) mass is 303 g/mol. The molecule has 1 aromatic carbocycles. The smallest absolute Gasteiger partial charge is 0.240 e. The predicted octanol–water partition coefficient (Wildman–Crippen LogP) is 1.70. The van der Waals surface area contributed by atoms with E-state index in [1.807, 2.05) is 20.1 Å². The van der Waals surface area contributed by atoms with Gasteiger partial charge < -0.3 is 5.11 Å². The van der Waals surface area contributed by atoms with Crippen LogP contribution in [0.15, 0.2) is 23.1 Å². The second-order valence-corrected chi connectivity index (χ2v) is 7.63. The van der Waals surface area contributed by atoms with Gasteiger partial charge in [-0.3, -0.25) is 0 Å². The summed E-state index contributed by atoms with van der Waals surface area (Å²) in [5.41, 5.74) is 0.929. The van der Waals surface area contributed by atoms with Crippen molar-refractivity contribution in [1.29, 1.82) is 0 Å². The Hall–Kier alpha value is -0.560. The van der Waals surface area contributed by atoms with E-state index in [2.05, 4.69) is 4.72 Å².